The summed E-state index contributed by atoms with van der Waals surface area (Å²) in [5.41, 5.74) is -4.06. The molecular formula is C24H28O4P2S4Zn. The van der Waals surface area contributed by atoms with Crippen molar-refractivity contribution in [2.24, 2.45) is 0 Å². The number of hydrogen-bond acceptors (Lipinski definition) is 8. The van der Waals surface area contributed by atoms with E-state index in [1.54, 1.807) is 12.2 Å². The molecule has 0 heterocycles. The zero-order valence-electron chi connectivity index (χ0n) is 19.5. The number of allylic oxidation sites excluding steroid dienone is 2. The molecule has 4 nitrogen and oxygen atoms in total. The van der Waals surface area contributed by atoms with Crippen molar-refractivity contribution >= 4 is 57.8 Å². The van der Waals surface area contributed by atoms with Crippen LogP contribution in [0.25, 0.3) is 0 Å². The van der Waals surface area contributed by atoms with Crippen LogP contribution in [0.3, 0.4) is 0 Å². The van der Waals surface area contributed by atoms with Crippen LogP contribution in [-0.2, 0) is 65.0 Å². The van der Waals surface area contributed by atoms with Crippen LogP contribution in [0.2, 0.25) is 0 Å². The van der Waals surface area contributed by atoms with E-state index in [0.29, 0.717) is 0 Å². The van der Waals surface area contributed by atoms with Crippen LogP contribution in [0, 0.1) is 0 Å². The molecule has 0 amide bonds. The van der Waals surface area contributed by atoms with E-state index in [1.807, 2.05) is 48.5 Å². The zero-order chi connectivity index (χ0) is 25.5. The molecule has 0 saturated carbocycles. The molecule has 0 aromatic heterocycles. The van der Waals surface area contributed by atoms with Gasteiger partial charge in [-0.2, -0.15) is 0 Å². The molecule has 0 aliphatic carbocycles. The van der Waals surface area contributed by atoms with Crippen LogP contribution >= 0.6 is 34.2 Å². The van der Waals surface area contributed by atoms with Gasteiger partial charge in [-0.3, -0.25) is 0 Å². The molecule has 2 unspecified atom stereocenters. The Labute approximate surface area is 240 Å². The average molecular weight is 636 g/mol. The van der Waals surface area contributed by atoms with Crippen LogP contribution in [0.5, 0.6) is 0 Å². The van der Waals surface area contributed by atoms with Crippen molar-refractivity contribution in [3.63, 3.8) is 0 Å². The molecule has 2 aromatic carbocycles. The molecule has 0 aliphatic heterocycles. The van der Waals surface area contributed by atoms with Crippen molar-refractivity contribution in [3.05, 3.63) is 110 Å². The monoisotopic (exact) mass is 634 g/mol. The van der Waals surface area contributed by atoms with Gasteiger partial charge in [0.15, 0.2) is 0 Å². The fourth-order valence-corrected chi connectivity index (χ4v) is 9.40. The maximum absolute atomic E-state index is 12.0. The minimum absolute atomic E-state index is 0. The number of hydrogen-bond donors (Lipinski definition) is 0. The average Bonchev–Trinajstić information content (AvgIpc) is 2.79. The standard InChI is InChI=1S/2C12H15O2PS2.Zn/c2*1-3-7-11-8-5-6-9-12(11)17-15(13,16)14-10-4-2;/h2*3-6,8-9H,1-2,7,10H2,(H,13,16);/q;;+2/p-2. The molecule has 184 valence electrons. The van der Waals surface area contributed by atoms with Gasteiger partial charge in [0.05, 0.1) is 24.6 Å². The second-order valence-corrected chi connectivity index (χ2v) is 18.2. The van der Waals surface area contributed by atoms with E-state index in [2.05, 4.69) is 26.3 Å². The van der Waals surface area contributed by atoms with E-state index in [4.69, 9.17) is 32.7 Å². The summed E-state index contributed by atoms with van der Waals surface area (Å²) in [4.78, 5) is 25.7. The first-order chi connectivity index (χ1) is 16.2. The Morgan fingerprint density at radius 1 is 0.686 bits per heavy atom. The van der Waals surface area contributed by atoms with Gasteiger partial charge < -0.3 is 18.8 Å². The third kappa shape index (κ3) is 15.0. The molecule has 0 bridgehead atoms. The normalized spacial score (nSPS) is 13.5. The van der Waals surface area contributed by atoms with Crippen LogP contribution in [0.1, 0.15) is 11.1 Å². The van der Waals surface area contributed by atoms with Crippen LogP contribution in [0.4, 0.5) is 0 Å². The van der Waals surface area contributed by atoms with E-state index < -0.39 is 11.4 Å². The minimum atomic E-state index is -3.09. The molecule has 35 heavy (non-hydrogen) atoms. The fourth-order valence-electron chi connectivity index (χ4n) is 2.42. The van der Waals surface area contributed by atoms with Gasteiger partial charge in [-0.25, -0.2) is 0 Å². The summed E-state index contributed by atoms with van der Waals surface area (Å²) in [6.45, 7) is 14.8. The third-order valence-corrected chi connectivity index (χ3v) is 11.5. The topological polar surface area (TPSA) is 64.6 Å². The van der Waals surface area contributed by atoms with E-state index in [-0.39, 0.29) is 32.7 Å². The summed E-state index contributed by atoms with van der Waals surface area (Å²) in [5.74, 6) is 0. The van der Waals surface area contributed by atoms with E-state index in [1.165, 1.54) is 12.2 Å². The molecule has 2 rings (SSSR count). The van der Waals surface area contributed by atoms with Crippen LogP contribution in [-0.4, -0.2) is 13.2 Å². The van der Waals surface area contributed by atoms with Crippen molar-refractivity contribution in [1.29, 1.82) is 0 Å². The molecule has 0 aliphatic rings. The predicted molar refractivity (Wildman–Crippen MR) is 153 cm³/mol. The minimum Gasteiger partial charge on any atom is -0.793 e. The zero-order valence-corrected chi connectivity index (χ0v) is 27.5. The molecule has 0 N–H and O–H groups in total. The SMILES string of the molecule is C=CCOP([O-])(=S)Sc1ccccc1CC=C.C=CCOP([O-])(=S)Sc1ccccc1CC=C.[Zn+2]. The van der Waals surface area contributed by atoms with Gasteiger partial charge in [0.25, 0.3) is 0 Å². The molecule has 0 fully saturated rings. The summed E-state index contributed by atoms with van der Waals surface area (Å²) in [6, 6.07) is 15.3. The second kappa shape index (κ2) is 19.0. The Morgan fingerprint density at radius 2 is 1.03 bits per heavy atom. The predicted octanol–water partition coefficient (Wildman–Crippen LogP) is 6.59. The Kier molecular flexibility index (Phi) is 18.9. The first-order valence-electron chi connectivity index (χ1n) is 10.1. The first-order valence-corrected chi connectivity index (χ1v) is 18.2. The van der Waals surface area contributed by atoms with Crippen LogP contribution in [0.15, 0.2) is 109 Å². The van der Waals surface area contributed by atoms with E-state index >= 15 is 0 Å². The van der Waals surface area contributed by atoms with Gasteiger partial charge in [0.2, 0.25) is 0 Å². The maximum atomic E-state index is 12.0. The molecule has 2 atom stereocenters. The van der Waals surface area contributed by atoms with Crippen molar-refractivity contribution < 1.29 is 38.3 Å². The smallest absolute Gasteiger partial charge is 0.793 e. The Bertz CT molecular complexity index is 982. The van der Waals surface area contributed by atoms with Gasteiger partial charge >= 0.3 is 19.5 Å². The van der Waals surface area contributed by atoms with Gasteiger partial charge in [0.1, 0.15) is 0 Å². The van der Waals surface area contributed by atoms with E-state index in [0.717, 1.165) is 56.5 Å². The molecule has 11 heteroatoms. The third-order valence-electron chi connectivity index (χ3n) is 3.80. The summed E-state index contributed by atoms with van der Waals surface area (Å²) in [7, 11) is 0. The Balaban J connectivity index is 0.000000642. The molecule has 2 aromatic rings. The van der Waals surface area contributed by atoms with Crippen molar-refractivity contribution in [2.45, 2.75) is 22.6 Å². The van der Waals surface area contributed by atoms with E-state index in [9.17, 15) is 9.79 Å². The Hall–Kier alpha value is -0.137. The number of benzene rings is 2. The van der Waals surface area contributed by atoms with Crippen LogP contribution < -0.4 is 9.79 Å². The van der Waals surface area contributed by atoms with Gasteiger partial charge in [0, 0.05) is 9.79 Å². The molecular weight excluding hydrogens is 608 g/mol. The summed E-state index contributed by atoms with van der Waals surface area (Å²) < 4.78 is 10.2. The molecule has 0 saturated heterocycles. The van der Waals surface area contributed by atoms with Crippen molar-refractivity contribution in [3.8, 4) is 0 Å². The molecule has 0 spiro atoms. The van der Waals surface area contributed by atoms with Crippen molar-refractivity contribution in [2.75, 3.05) is 13.2 Å². The van der Waals surface area contributed by atoms with Gasteiger partial charge in [-0.15, -0.1) is 26.3 Å². The quantitative estimate of drug-likeness (QED) is 0.131. The number of rotatable bonds is 14. The second-order valence-electron chi connectivity index (χ2n) is 6.45. The summed E-state index contributed by atoms with van der Waals surface area (Å²) in [6.07, 6.45) is 8.13. The van der Waals surface area contributed by atoms with Gasteiger partial charge in [-0.05, 0) is 36.1 Å². The summed E-state index contributed by atoms with van der Waals surface area (Å²) in [5, 5.41) is 0. The maximum Gasteiger partial charge on any atom is 2.00 e. The Morgan fingerprint density at radius 3 is 1.34 bits per heavy atom. The molecule has 0 radical (unpaired) electrons. The van der Waals surface area contributed by atoms with Gasteiger partial charge in [-0.1, -0.05) is 107 Å². The van der Waals surface area contributed by atoms with Crippen molar-refractivity contribution in [1.82, 2.24) is 0 Å². The first kappa shape index (κ1) is 34.9. The fraction of sp³-hybridized carbons (Fsp3) is 0.167. The largest absolute Gasteiger partial charge is 2.00 e. The summed E-state index contributed by atoms with van der Waals surface area (Å²) >= 11 is 12.1.